The molecule has 2 aromatic carbocycles. The Morgan fingerprint density at radius 1 is 0.969 bits per heavy atom. The van der Waals surface area contributed by atoms with Crippen molar-refractivity contribution >= 4 is 23.2 Å². The lowest BCUT2D eigenvalue weighted by Gasteiger charge is -2.31. The van der Waals surface area contributed by atoms with E-state index in [0.717, 1.165) is 10.4 Å². The van der Waals surface area contributed by atoms with Crippen molar-refractivity contribution < 1.29 is 18.4 Å². The summed E-state index contributed by atoms with van der Waals surface area (Å²) in [5.74, 6) is -1.72. The maximum Gasteiger partial charge on any atom is 0.257 e. The normalized spacial score (nSPS) is 11.8. The van der Waals surface area contributed by atoms with Crippen LogP contribution in [-0.4, -0.2) is 34.2 Å². The van der Waals surface area contributed by atoms with Crippen molar-refractivity contribution in [3.05, 3.63) is 93.7 Å². The number of thiophene rings is 1. The minimum Gasteiger partial charge on any atom is -0.332 e. The van der Waals surface area contributed by atoms with Crippen LogP contribution in [0.5, 0.6) is 0 Å². The zero-order chi connectivity index (χ0) is 23.1. The summed E-state index contributed by atoms with van der Waals surface area (Å²) in [7, 11) is 0. The van der Waals surface area contributed by atoms with Crippen molar-refractivity contribution in [2.45, 2.75) is 39.4 Å². The predicted octanol–water partition coefficient (Wildman–Crippen LogP) is 5.50. The molecule has 0 N–H and O–H groups in total. The van der Waals surface area contributed by atoms with Crippen molar-refractivity contribution in [1.82, 2.24) is 9.80 Å². The number of amides is 2. The number of carbonyl (C=O) groups excluding carboxylic acids is 2. The molecule has 0 bridgehead atoms. The van der Waals surface area contributed by atoms with Gasteiger partial charge in [0.15, 0.2) is 0 Å². The Bertz CT molecular complexity index is 1040. The van der Waals surface area contributed by atoms with E-state index in [9.17, 15) is 18.4 Å². The van der Waals surface area contributed by atoms with Crippen LogP contribution in [0.15, 0.2) is 66.0 Å². The number of halogens is 2. The summed E-state index contributed by atoms with van der Waals surface area (Å²) in [5, 5.41) is 1.93. The van der Waals surface area contributed by atoms with Crippen molar-refractivity contribution in [2.75, 3.05) is 6.54 Å². The zero-order valence-corrected chi connectivity index (χ0v) is 18.9. The van der Waals surface area contributed by atoms with Gasteiger partial charge in [-0.1, -0.05) is 37.3 Å². The van der Waals surface area contributed by atoms with E-state index in [1.807, 2.05) is 31.4 Å². The number of benzene rings is 2. The first-order valence-electron chi connectivity index (χ1n) is 10.5. The molecule has 0 aliphatic carbocycles. The first kappa shape index (κ1) is 23.6. The molecule has 7 heteroatoms. The Kier molecular flexibility index (Phi) is 8.11. The van der Waals surface area contributed by atoms with Crippen LogP contribution in [0.2, 0.25) is 0 Å². The van der Waals surface area contributed by atoms with Crippen LogP contribution in [0.3, 0.4) is 0 Å². The fourth-order valence-corrected chi connectivity index (χ4v) is 4.04. The highest BCUT2D eigenvalue weighted by Crippen LogP contribution is 2.18. The van der Waals surface area contributed by atoms with E-state index in [1.54, 1.807) is 23.1 Å². The summed E-state index contributed by atoms with van der Waals surface area (Å²) < 4.78 is 27.6. The molecular formula is C25H26F2N2O2S. The highest BCUT2D eigenvalue weighted by molar-refractivity contribution is 7.09. The number of hydrogen-bond donors (Lipinski definition) is 0. The topological polar surface area (TPSA) is 40.6 Å². The van der Waals surface area contributed by atoms with Crippen LogP contribution in [0.4, 0.5) is 8.78 Å². The van der Waals surface area contributed by atoms with Gasteiger partial charge in [-0.25, -0.2) is 8.78 Å². The summed E-state index contributed by atoms with van der Waals surface area (Å²) >= 11 is 1.53. The van der Waals surface area contributed by atoms with Crippen LogP contribution in [0.1, 0.15) is 41.1 Å². The van der Waals surface area contributed by atoms with Crippen molar-refractivity contribution in [1.29, 1.82) is 0 Å². The van der Waals surface area contributed by atoms with Crippen molar-refractivity contribution in [2.24, 2.45) is 0 Å². The third kappa shape index (κ3) is 6.01. The van der Waals surface area contributed by atoms with E-state index in [1.165, 1.54) is 46.6 Å². The van der Waals surface area contributed by atoms with Gasteiger partial charge in [0.25, 0.3) is 5.91 Å². The van der Waals surface area contributed by atoms with E-state index in [2.05, 4.69) is 0 Å². The highest BCUT2D eigenvalue weighted by Gasteiger charge is 2.27. The molecule has 0 spiro atoms. The van der Waals surface area contributed by atoms with Crippen LogP contribution in [0.25, 0.3) is 0 Å². The molecule has 0 saturated carbocycles. The first-order chi connectivity index (χ1) is 15.4. The van der Waals surface area contributed by atoms with Gasteiger partial charge in [-0.15, -0.1) is 11.3 Å². The average Bonchev–Trinajstić information content (AvgIpc) is 3.31. The molecule has 1 heterocycles. The van der Waals surface area contributed by atoms with Crippen LogP contribution >= 0.6 is 11.3 Å². The highest BCUT2D eigenvalue weighted by atomic mass is 32.1. The van der Waals surface area contributed by atoms with Gasteiger partial charge in [0.05, 0.1) is 12.1 Å². The van der Waals surface area contributed by atoms with Crippen LogP contribution in [-0.2, 0) is 17.9 Å². The number of nitrogens with zero attached hydrogens (tertiary/aromatic N) is 2. The molecule has 4 nitrogen and oxygen atoms in total. The lowest BCUT2D eigenvalue weighted by Crippen LogP contribution is -2.46. The Morgan fingerprint density at radius 3 is 2.31 bits per heavy atom. The minimum atomic E-state index is -0.611. The fourth-order valence-electron chi connectivity index (χ4n) is 3.32. The van der Waals surface area contributed by atoms with Gasteiger partial charge in [-0.05, 0) is 54.6 Å². The van der Waals surface area contributed by atoms with Gasteiger partial charge < -0.3 is 9.80 Å². The van der Waals surface area contributed by atoms with Gasteiger partial charge in [-0.3, -0.25) is 9.59 Å². The summed E-state index contributed by atoms with van der Waals surface area (Å²) in [4.78, 5) is 30.5. The molecule has 168 valence electrons. The van der Waals surface area contributed by atoms with E-state index in [-0.39, 0.29) is 36.4 Å². The molecule has 0 aliphatic rings. The monoisotopic (exact) mass is 456 g/mol. The van der Waals surface area contributed by atoms with Crippen LogP contribution in [0, 0.1) is 11.6 Å². The Hall–Kier alpha value is -3.06. The molecule has 3 rings (SSSR count). The predicted molar refractivity (Wildman–Crippen MR) is 122 cm³/mol. The third-order valence-corrected chi connectivity index (χ3v) is 6.22. The molecule has 1 aromatic heterocycles. The molecule has 2 amide bonds. The van der Waals surface area contributed by atoms with Crippen molar-refractivity contribution in [3.63, 3.8) is 0 Å². The lowest BCUT2D eigenvalue weighted by atomic mass is 10.1. The Balaban J connectivity index is 1.84. The summed E-state index contributed by atoms with van der Waals surface area (Å²) in [5.41, 5.74) is 0.732. The zero-order valence-electron chi connectivity index (χ0n) is 18.1. The van der Waals surface area contributed by atoms with Crippen LogP contribution < -0.4 is 0 Å². The summed E-state index contributed by atoms with van der Waals surface area (Å²) in [6, 6.07) is 15.4. The molecular weight excluding hydrogens is 430 g/mol. The number of hydrogen-bond acceptors (Lipinski definition) is 3. The Labute approximate surface area is 191 Å². The molecule has 32 heavy (non-hydrogen) atoms. The molecule has 0 radical (unpaired) electrons. The Morgan fingerprint density at radius 2 is 1.69 bits per heavy atom. The van der Waals surface area contributed by atoms with Gasteiger partial charge in [0.1, 0.15) is 18.2 Å². The molecule has 1 atom stereocenters. The van der Waals surface area contributed by atoms with Gasteiger partial charge in [0.2, 0.25) is 5.91 Å². The standard InChI is InChI=1S/C25H26F2N2O2S/c1-3-18(2)29(25(31)22-8-4-5-9-23(22)27)17-24(30)28(16-21-7-6-14-32-21)15-19-10-12-20(26)13-11-19/h4-14,18H,3,15-17H2,1-2H3. The molecule has 0 aliphatic heterocycles. The largest absolute Gasteiger partial charge is 0.332 e. The molecule has 0 saturated heterocycles. The van der Waals surface area contributed by atoms with E-state index >= 15 is 0 Å². The second kappa shape index (κ2) is 11.0. The number of rotatable bonds is 9. The minimum absolute atomic E-state index is 0.0519. The van der Waals surface area contributed by atoms with Gasteiger partial charge >= 0.3 is 0 Å². The fraction of sp³-hybridized carbons (Fsp3) is 0.280. The molecule has 1 unspecified atom stereocenters. The lowest BCUT2D eigenvalue weighted by molar-refractivity contribution is -0.133. The summed E-state index contributed by atoms with van der Waals surface area (Å²) in [6.07, 6.45) is 0.621. The second-order valence-corrected chi connectivity index (χ2v) is 8.66. The van der Waals surface area contributed by atoms with Crippen molar-refractivity contribution in [3.8, 4) is 0 Å². The van der Waals surface area contributed by atoms with E-state index in [4.69, 9.17) is 0 Å². The quantitative estimate of drug-likeness (QED) is 0.427. The maximum absolute atomic E-state index is 14.3. The smallest absolute Gasteiger partial charge is 0.257 e. The SMILES string of the molecule is CCC(C)N(CC(=O)N(Cc1ccc(F)cc1)Cc1cccs1)C(=O)c1ccccc1F. The third-order valence-electron chi connectivity index (χ3n) is 5.36. The second-order valence-electron chi connectivity index (χ2n) is 7.63. The van der Waals surface area contributed by atoms with Gasteiger partial charge in [0, 0.05) is 17.5 Å². The average molecular weight is 457 g/mol. The number of carbonyl (C=O) groups is 2. The van der Waals surface area contributed by atoms with Gasteiger partial charge in [-0.2, -0.15) is 0 Å². The maximum atomic E-state index is 14.3. The molecule has 3 aromatic rings. The van der Waals surface area contributed by atoms with E-state index < -0.39 is 11.7 Å². The summed E-state index contributed by atoms with van der Waals surface area (Å²) in [6.45, 7) is 4.23. The molecule has 0 fully saturated rings. The first-order valence-corrected chi connectivity index (χ1v) is 11.4. The van der Waals surface area contributed by atoms with E-state index in [0.29, 0.717) is 13.0 Å².